The molecule has 3 rings (SSSR count). The first-order valence-corrected chi connectivity index (χ1v) is 7.10. The van der Waals surface area contributed by atoms with E-state index in [1.807, 2.05) is 17.9 Å². The van der Waals surface area contributed by atoms with Crippen molar-refractivity contribution in [1.82, 2.24) is 15.1 Å². The molecule has 100 valence electrons. The molecule has 1 aromatic carbocycles. The fourth-order valence-corrected chi connectivity index (χ4v) is 2.60. The number of aryl methyl sites for hydroxylation is 1. The maximum Gasteiger partial charge on any atom is 0.0637 e. The van der Waals surface area contributed by atoms with Crippen LogP contribution in [0.25, 0.3) is 0 Å². The Morgan fingerprint density at radius 1 is 1.26 bits per heavy atom. The van der Waals surface area contributed by atoms with Crippen molar-refractivity contribution >= 4 is 0 Å². The van der Waals surface area contributed by atoms with Crippen molar-refractivity contribution < 1.29 is 0 Å². The summed E-state index contributed by atoms with van der Waals surface area (Å²) in [5, 5.41) is 8.12. The Labute approximate surface area is 114 Å². The average molecular weight is 255 g/mol. The van der Waals surface area contributed by atoms with Gasteiger partial charge >= 0.3 is 0 Å². The van der Waals surface area contributed by atoms with Gasteiger partial charge in [0.25, 0.3) is 0 Å². The summed E-state index contributed by atoms with van der Waals surface area (Å²) in [6.45, 7) is 0.993. The molecule has 1 aliphatic carbocycles. The van der Waals surface area contributed by atoms with Crippen LogP contribution in [0.5, 0.6) is 0 Å². The molecule has 1 aromatic heterocycles. The van der Waals surface area contributed by atoms with Crippen LogP contribution in [0.1, 0.15) is 30.1 Å². The van der Waals surface area contributed by atoms with Gasteiger partial charge in [-0.3, -0.25) is 4.68 Å². The number of rotatable bonds is 6. The SMILES string of the molecule is Cn1ccc(CCNC(c2ccccc2)C2CC2)n1. The van der Waals surface area contributed by atoms with E-state index in [4.69, 9.17) is 0 Å². The van der Waals surface area contributed by atoms with E-state index in [0.717, 1.165) is 24.6 Å². The Morgan fingerprint density at radius 3 is 2.68 bits per heavy atom. The van der Waals surface area contributed by atoms with Crippen molar-refractivity contribution in [2.45, 2.75) is 25.3 Å². The number of aromatic nitrogens is 2. The monoisotopic (exact) mass is 255 g/mol. The lowest BCUT2D eigenvalue weighted by Gasteiger charge is -2.18. The van der Waals surface area contributed by atoms with Crippen LogP contribution < -0.4 is 5.32 Å². The molecule has 3 heteroatoms. The Kier molecular flexibility index (Phi) is 3.65. The second-order valence-electron chi connectivity index (χ2n) is 5.41. The van der Waals surface area contributed by atoms with E-state index in [1.165, 1.54) is 18.4 Å². The maximum absolute atomic E-state index is 4.42. The van der Waals surface area contributed by atoms with Gasteiger partial charge in [-0.2, -0.15) is 5.10 Å². The average Bonchev–Trinajstić information content (AvgIpc) is 3.19. The zero-order valence-corrected chi connectivity index (χ0v) is 11.4. The van der Waals surface area contributed by atoms with Gasteiger partial charge < -0.3 is 5.32 Å². The Bertz CT molecular complexity index is 514. The van der Waals surface area contributed by atoms with Crippen molar-refractivity contribution in [2.75, 3.05) is 6.54 Å². The van der Waals surface area contributed by atoms with Gasteiger partial charge in [0, 0.05) is 32.3 Å². The lowest BCUT2D eigenvalue weighted by molar-refractivity contribution is 0.482. The molecule has 1 unspecified atom stereocenters. The predicted molar refractivity (Wildman–Crippen MR) is 76.8 cm³/mol. The number of hydrogen-bond donors (Lipinski definition) is 1. The van der Waals surface area contributed by atoms with Crippen LogP contribution in [0.4, 0.5) is 0 Å². The van der Waals surface area contributed by atoms with E-state index in [-0.39, 0.29) is 0 Å². The highest BCUT2D eigenvalue weighted by Gasteiger charge is 2.31. The smallest absolute Gasteiger partial charge is 0.0637 e. The van der Waals surface area contributed by atoms with E-state index in [9.17, 15) is 0 Å². The largest absolute Gasteiger partial charge is 0.309 e. The van der Waals surface area contributed by atoms with E-state index < -0.39 is 0 Å². The molecule has 0 bridgehead atoms. The van der Waals surface area contributed by atoms with Crippen LogP contribution in [0.15, 0.2) is 42.6 Å². The topological polar surface area (TPSA) is 29.9 Å². The van der Waals surface area contributed by atoms with Gasteiger partial charge in [0.15, 0.2) is 0 Å². The molecular weight excluding hydrogens is 234 g/mol. The van der Waals surface area contributed by atoms with Gasteiger partial charge in [0.2, 0.25) is 0 Å². The van der Waals surface area contributed by atoms with Crippen molar-refractivity contribution in [3.05, 3.63) is 53.9 Å². The molecule has 2 aromatic rings. The summed E-state index contributed by atoms with van der Waals surface area (Å²) in [7, 11) is 1.97. The first kappa shape index (κ1) is 12.4. The molecule has 1 N–H and O–H groups in total. The van der Waals surface area contributed by atoms with Crippen LogP contribution in [-0.4, -0.2) is 16.3 Å². The predicted octanol–water partition coefficient (Wildman–Crippen LogP) is 2.70. The van der Waals surface area contributed by atoms with E-state index in [0.29, 0.717) is 6.04 Å². The van der Waals surface area contributed by atoms with E-state index >= 15 is 0 Å². The number of nitrogens with zero attached hydrogens (tertiary/aromatic N) is 2. The van der Waals surface area contributed by atoms with Crippen molar-refractivity contribution in [3.63, 3.8) is 0 Å². The normalized spacial score (nSPS) is 16.5. The lowest BCUT2D eigenvalue weighted by Crippen LogP contribution is -2.25. The van der Waals surface area contributed by atoms with E-state index in [2.05, 4.69) is 46.8 Å². The molecular formula is C16H21N3. The molecule has 1 heterocycles. The molecule has 0 amide bonds. The molecule has 1 atom stereocenters. The molecule has 0 aliphatic heterocycles. The third-order valence-electron chi connectivity index (χ3n) is 3.77. The molecule has 0 saturated heterocycles. The molecule has 3 nitrogen and oxygen atoms in total. The van der Waals surface area contributed by atoms with Crippen molar-refractivity contribution in [3.8, 4) is 0 Å². The highest BCUT2D eigenvalue weighted by molar-refractivity contribution is 5.21. The minimum Gasteiger partial charge on any atom is -0.309 e. The minimum absolute atomic E-state index is 0.518. The zero-order chi connectivity index (χ0) is 13.1. The summed E-state index contributed by atoms with van der Waals surface area (Å²) < 4.78 is 1.87. The third-order valence-corrected chi connectivity index (χ3v) is 3.77. The Balaban J connectivity index is 1.57. The highest BCUT2D eigenvalue weighted by Crippen LogP contribution is 2.40. The van der Waals surface area contributed by atoms with Crippen LogP contribution in [0, 0.1) is 5.92 Å². The van der Waals surface area contributed by atoms with Gasteiger partial charge in [-0.1, -0.05) is 30.3 Å². The maximum atomic E-state index is 4.42. The Morgan fingerprint density at radius 2 is 2.05 bits per heavy atom. The van der Waals surface area contributed by atoms with Crippen molar-refractivity contribution in [1.29, 1.82) is 0 Å². The van der Waals surface area contributed by atoms with Gasteiger partial charge in [0.1, 0.15) is 0 Å². The summed E-state index contributed by atoms with van der Waals surface area (Å²) in [5.74, 6) is 0.825. The molecule has 0 spiro atoms. The van der Waals surface area contributed by atoms with Crippen LogP contribution in [0.2, 0.25) is 0 Å². The fourth-order valence-electron chi connectivity index (χ4n) is 2.60. The standard InChI is InChI=1S/C16H21N3/c1-19-12-10-15(18-19)9-11-17-16(14-7-8-14)13-5-3-2-4-6-13/h2-6,10,12,14,16-17H,7-9,11H2,1H3. The van der Waals surface area contributed by atoms with Crippen LogP contribution >= 0.6 is 0 Å². The first-order chi connectivity index (χ1) is 9.33. The second kappa shape index (κ2) is 5.57. The number of benzene rings is 1. The summed E-state index contributed by atoms with van der Waals surface area (Å²) in [6, 6.07) is 13.4. The van der Waals surface area contributed by atoms with E-state index in [1.54, 1.807) is 0 Å². The van der Waals surface area contributed by atoms with Crippen LogP contribution in [-0.2, 0) is 13.5 Å². The van der Waals surface area contributed by atoms with Crippen LogP contribution in [0.3, 0.4) is 0 Å². The molecule has 19 heavy (non-hydrogen) atoms. The lowest BCUT2D eigenvalue weighted by atomic mass is 10.0. The van der Waals surface area contributed by atoms with Gasteiger partial charge in [-0.05, 0) is 30.4 Å². The number of nitrogens with one attached hydrogen (secondary N) is 1. The third kappa shape index (κ3) is 3.24. The number of hydrogen-bond acceptors (Lipinski definition) is 2. The quantitative estimate of drug-likeness (QED) is 0.860. The summed E-state index contributed by atoms with van der Waals surface area (Å²) in [4.78, 5) is 0. The molecule has 0 radical (unpaired) electrons. The van der Waals surface area contributed by atoms with Gasteiger partial charge in [-0.15, -0.1) is 0 Å². The van der Waals surface area contributed by atoms with Gasteiger partial charge in [0.05, 0.1) is 5.69 Å². The zero-order valence-electron chi connectivity index (χ0n) is 11.4. The molecule has 1 fully saturated rings. The van der Waals surface area contributed by atoms with Gasteiger partial charge in [-0.25, -0.2) is 0 Å². The molecule has 1 saturated carbocycles. The summed E-state index contributed by atoms with van der Waals surface area (Å²) >= 11 is 0. The summed E-state index contributed by atoms with van der Waals surface area (Å²) in [6.07, 6.45) is 5.72. The molecule has 1 aliphatic rings. The second-order valence-corrected chi connectivity index (χ2v) is 5.41. The fraction of sp³-hybridized carbons (Fsp3) is 0.438. The summed E-state index contributed by atoms with van der Waals surface area (Å²) in [5.41, 5.74) is 2.59. The Hall–Kier alpha value is -1.61. The first-order valence-electron chi connectivity index (χ1n) is 7.10. The van der Waals surface area contributed by atoms with Crippen molar-refractivity contribution in [2.24, 2.45) is 13.0 Å². The minimum atomic E-state index is 0.518. The highest BCUT2D eigenvalue weighted by atomic mass is 15.2.